The molecular weight excluding hydrogens is 740 g/mol. The topological polar surface area (TPSA) is 143 Å². The van der Waals surface area contributed by atoms with Gasteiger partial charge in [0.2, 0.25) is 11.8 Å². The number of amides is 4. The maximum atomic E-state index is 14.5. The maximum Gasteiger partial charge on any atom is 0.334 e. The molecule has 14 heteroatoms. The smallest absolute Gasteiger partial charge is 0.334 e. The van der Waals surface area contributed by atoms with Gasteiger partial charge >= 0.3 is 6.03 Å². The first-order valence-electron chi connectivity index (χ1n) is 17.8. The summed E-state index contributed by atoms with van der Waals surface area (Å²) in [6, 6.07) is 26.3. The molecule has 2 fully saturated rings. The number of phenolic OH excluding ortho intramolecular Hbond substituents is 1. The minimum Gasteiger partial charge on any atom is -0.508 e. The van der Waals surface area contributed by atoms with E-state index in [-0.39, 0.29) is 61.6 Å². The average molecular weight is 783 g/mol. The molecule has 4 aromatic rings. The number of carbonyl (C=O) groups is 3. The lowest BCUT2D eigenvalue weighted by Gasteiger charge is -2.55. The first-order chi connectivity index (χ1) is 26.4. The predicted octanol–water partition coefficient (Wildman–Crippen LogP) is 5.49. The number of piperazine rings is 1. The predicted molar refractivity (Wildman–Crippen MR) is 211 cm³/mol. The summed E-state index contributed by atoms with van der Waals surface area (Å²) < 4.78 is 29.7. The number of hydrogen-bond acceptors (Lipinski definition) is 7. The third-order valence-corrected chi connectivity index (χ3v) is 11.4. The molecule has 1 unspecified atom stereocenters. The summed E-state index contributed by atoms with van der Waals surface area (Å²) in [4.78, 5) is 45.7. The largest absolute Gasteiger partial charge is 0.508 e. The molecule has 286 valence electrons. The van der Waals surface area contributed by atoms with E-state index in [4.69, 9.17) is 11.6 Å². The summed E-state index contributed by atoms with van der Waals surface area (Å²) in [5.74, 6) is -0.546. The first kappa shape index (κ1) is 39.2. The number of nitrogens with zero attached hydrogens (tertiary/aromatic N) is 5. The normalized spacial score (nSPS) is 18.3. The number of urea groups is 1. The number of alkyl halides is 1. The van der Waals surface area contributed by atoms with Crippen molar-refractivity contribution in [3.05, 3.63) is 143 Å². The van der Waals surface area contributed by atoms with Crippen LogP contribution in [0.25, 0.3) is 0 Å². The van der Waals surface area contributed by atoms with E-state index in [1.807, 2.05) is 50.2 Å². The molecule has 2 N–H and O–H groups in total. The van der Waals surface area contributed by atoms with Crippen molar-refractivity contribution in [1.29, 1.82) is 0 Å². The zero-order valence-corrected chi connectivity index (χ0v) is 32.2. The van der Waals surface area contributed by atoms with Gasteiger partial charge < -0.3 is 20.2 Å². The molecule has 2 aliphatic rings. The fourth-order valence-corrected chi connectivity index (χ4v) is 8.16. The van der Waals surface area contributed by atoms with E-state index in [1.165, 1.54) is 40.4 Å². The van der Waals surface area contributed by atoms with Gasteiger partial charge in [-0.2, -0.15) is 12.8 Å². The molecule has 4 aromatic carbocycles. The maximum absolute atomic E-state index is 14.5. The number of carbonyl (C=O) groups excluding carboxylic acids is 3. The quantitative estimate of drug-likeness (QED) is 0.110. The lowest BCUT2D eigenvalue weighted by Crippen LogP contribution is -2.76. The highest BCUT2D eigenvalue weighted by Gasteiger charge is 2.51. The number of fused-ring (bicyclic) bond motifs is 1. The highest BCUT2D eigenvalue weighted by Crippen LogP contribution is 2.32. The Bertz CT molecular complexity index is 2180. The van der Waals surface area contributed by atoms with Crippen LogP contribution < -0.4 is 5.32 Å². The molecule has 0 saturated carbocycles. The Hall–Kier alpha value is -5.50. The monoisotopic (exact) mass is 782 g/mol. The number of aryl methyl sites for hydroxylation is 1. The van der Waals surface area contributed by atoms with Crippen molar-refractivity contribution in [3.63, 3.8) is 0 Å². The Morgan fingerprint density at radius 1 is 0.982 bits per heavy atom. The Balaban J connectivity index is 1.31. The van der Waals surface area contributed by atoms with Gasteiger partial charge in [0.15, 0.2) is 0 Å². The summed E-state index contributed by atoms with van der Waals surface area (Å²) in [5, 5.41) is 15.2. The average Bonchev–Trinajstić information content (AvgIpc) is 3.17. The summed E-state index contributed by atoms with van der Waals surface area (Å²) in [7, 11) is -3.99. The van der Waals surface area contributed by atoms with E-state index in [0.29, 0.717) is 5.56 Å². The summed E-state index contributed by atoms with van der Waals surface area (Å²) in [6.07, 6.45) is 2.09. The first-order valence-corrected chi connectivity index (χ1v) is 19.7. The number of sulfonamides is 1. The number of benzene rings is 4. The molecule has 12 nitrogen and oxygen atoms in total. The number of rotatable bonds is 12. The van der Waals surface area contributed by atoms with Crippen LogP contribution >= 0.6 is 11.6 Å². The van der Waals surface area contributed by atoms with E-state index in [2.05, 4.69) is 16.3 Å². The van der Waals surface area contributed by atoms with Crippen LogP contribution in [-0.2, 0) is 39.1 Å². The highest BCUT2D eigenvalue weighted by molar-refractivity contribution is 7.90. The van der Waals surface area contributed by atoms with E-state index < -0.39 is 33.6 Å². The SMILES string of the molecule is C=CCN1CC(=O)N2[C@@H](Cc3ccc(O)cc3)C(=O)N(Cc3cccc(C(Cl)/C=N/S(=O)(=O)c4ccc(C)cc4)c3C)C[C@@H]2N1C(=O)NCc1ccccc1. The van der Waals surface area contributed by atoms with Crippen molar-refractivity contribution in [1.82, 2.24) is 25.1 Å². The number of aromatic hydroxyl groups is 1. The third kappa shape index (κ3) is 8.91. The van der Waals surface area contributed by atoms with Gasteiger partial charge in [0, 0.05) is 32.3 Å². The molecule has 6 rings (SSSR count). The van der Waals surface area contributed by atoms with Gasteiger partial charge in [-0.25, -0.2) is 14.8 Å². The molecule has 55 heavy (non-hydrogen) atoms. The fraction of sp³-hybridized carbons (Fsp3) is 0.268. The molecule has 4 amide bonds. The van der Waals surface area contributed by atoms with Crippen LogP contribution in [0.1, 0.15) is 38.8 Å². The van der Waals surface area contributed by atoms with Crippen LogP contribution in [-0.4, -0.2) is 89.2 Å². The molecular formula is C41H43ClN6O6S. The van der Waals surface area contributed by atoms with Gasteiger partial charge in [-0.05, 0) is 65.9 Å². The number of halogens is 1. The number of phenols is 1. The number of hydrogen-bond donors (Lipinski definition) is 2. The second kappa shape index (κ2) is 16.9. The van der Waals surface area contributed by atoms with Crippen LogP contribution in [0.5, 0.6) is 5.75 Å². The zero-order valence-electron chi connectivity index (χ0n) is 30.6. The van der Waals surface area contributed by atoms with Crippen molar-refractivity contribution < 1.29 is 27.9 Å². The standard InChI is InChI=1S/C41H43ClN6O6S/c1-4-21-46-27-39(50)47-37(22-30-15-17-33(49)18-16-30)40(51)45(26-38(47)48(46)41(52)43-23-31-9-6-5-7-10-31)25-32-11-8-12-35(29(32)3)36(42)24-44-55(53,54)34-19-13-28(2)14-20-34/h4-20,24,36-38,49H,1,21-23,25-27H2,2-3H3,(H,43,52)/b44-24+/t36?,37-,38-/m0/s1. The van der Waals surface area contributed by atoms with Crippen LogP contribution in [0.2, 0.25) is 0 Å². The second-order valence-electron chi connectivity index (χ2n) is 13.6. The lowest BCUT2D eigenvalue weighted by molar-refractivity contribution is -0.189. The lowest BCUT2D eigenvalue weighted by atomic mass is 9.96. The van der Waals surface area contributed by atoms with Crippen molar-refractivity contribution in [2.24, 2.45) is 4.40 Å². The van der Waals surface area contributed by atoms with E-state index in [9.17, 15) is 27.9 Å². The Kier molecular flexibility index (Phi) is 12.0. The molecule has 0 radical (unpaired) electrons. The molecule has 2 heterocycles. The second-order valence-corrected chi connectivity index (χ2v) is 15.7. The molecule has 2 saturated heterocycles. The zero-order chi connectivity index (χ0) is 39.3. The minimum atomic E-state index is -3.99. The summed E-state index contributed by atoms with van der Waals surface area (Å²) >= 11 is 6.76. The van der Waals surface area contributed by atoms with Gasteiger partial charge in [0.25, 0.3) is 10.0 Å². The van der Waals surface area contributed by atoms with Gasteiger partial charge in [0.1, 0.15) is 18.0 Å². The van der Waals surface area contributed by atoms with Gasteiger partial charge in [-0.3, -0.25) is 9.59 Å². The summed E-state index contributed by atoms with van der Waals surface area (Å²) in [5.41, 5.74) is 4.63. The van der Waals surface area contributed by atoms with Gasteiger partial charge in [-0.1, -0.05) is 84.4 Å². The number of hydrazine groups is 1. The van der Waals surface area contributed by atoms with Crippen LogP contribution in [0, 0.1) is 13.8 Å². The van der Waals surface area contributed by atoms with E-state index >= 15 is 0 Å². The van der Waals surface area contributed by atoms with Crippen molar-refractivity contribution in [3.8, 4) is 5.75 Å². The van der Waals surface area contributed by atoms with Gasteiger partial charge in [0.05, 0.1) is 23.4 Å². The fourth-order valence-electron chi connectivity index (χ4n) is 6.92. The third-order valence-electron chi connectivity index (χ3n) is 9.83. The van der Waals surface area contributed by atoms with Crippen LogP contribution in [0.4, 0.5) is 4.79 Å². The Labute approximate surface area is 326 Å². The molecule has 2 aliphatic heterocycles. The molecule has 0 bridgehead atoms. The van der Waals surface area contributed by atoms with Crippen LogP contribution in [0.15, 0.2) is 119 Å². The Morgan fingerprint density at radius 2 is 1.69 bits per heavy atom. The van der Waals surface area contributed by atoms with Crippen LogP contribution in [0.3, 0.4) is 0 Å². The number of nitrogens with one attached hydrogen (secondary N) is 1. The van der Waals surface area contributed by atoms with Crippen molar-refractivity contribution in [2.75, 3.05) is 19.6 Å². The van der Waals surface area contributed by atoms with Gasteiger partial charge in [-0.15, -0.1) is 18.2 Å². The highest BCUT2D eigenvalue weighted by atomic mass is 35.5. The van der Waals surface area contributed by atoms with Crippen molar-refractivity contribution in [2.45, 2.75) is 55.8 Å². The molecule has 0 aromatic heterocycles. The van der Waals surface area contributed by atoms with E-state index in [0.717, 1.165) is 27.8 Å². The van der Waals surface area contributed by atoms with Crippen molar-refractivity contribution >= 4 is 45.7 Å². The van der Waals surface area contributed by atoms with E-state index in [1.54, 1.807) is 52.4 Å². The molecule has 3 atom stereocenters. The Morgan fingerprint density at radius 3 is 2.38 bits per heavy atom. The summed E-state index contributed by atoms with van der Waals surface area (Å²) in [6.45, 7) is 8.00. The molecule has 0 spiro atoms. The molecule has 0 aliphatic carbocycles. The minimum absolute atomic E-state index is 0.00722.